The van der Waals surface area contributed by atoms with Crippen LogP contribution in [0.15, 0.2) is 42.5 Å². The lowest BCUT2D eigenvalue weighted by molar-refractivity contribution is -0.116. The highest BCUT2D eigenvalue weighted by atomic mass is 32.1. The molecule has 7 heteroatoms. The minimum Gasteiger partial charge on any atom is -0.348 e. The zero-order valence-electron chi connectivity index (χ0n) is 15.4. The van der Waals surface area contributed by atoms with Crippen molar-refractivity contribution in [2.75, 3.05) is 23.3 Å². The summed E-state index contributed by atoms with van der Waals surface area (Å²) in [5.41, 5.74) is 3.75. The molecule has 1 saturated heterocycles. The van der Waals surface area contributed by atoms with E-state index in [2.05, 4.69) is 20.2 Å². The smallest absolute Gasteiger partial charge is 0.224 e. The molecular formula is C21H21N5OS. The molecule has 0 unspecified atom stereocenters. The minimum absolute atomic E-state index is 0.0101. The molecule has 1 aliphatic heterocycles. The van der Waals surface area contributed by atoms with Crippen LogP contribution < -0.4 is 10.2 Å². The van der Waals surface area contributed by atoms with Crippen molar-refractivity contribution >= 4 is 49.3 Å². The lowest BCUT2D eigenvalue weighted by Gasteiger charge is -2.11. The molecule has 5 rings (SSSR count). The van der Waals surface area contributed by atoms with Gasteiger partial charge < -0.3 is 15.2 Å². The van der Waals surface area contributed by atoms with Gasteiger partial charge in [0.1, 0.15) is 5.82 Å². The number of imidazole rings is 1. The van der Waals surface area contributed by atoms with Crippen LogP contribution in [0.25, 0.3) is 21.3 Å². The van der Waals surface area contributed by atoms with Crippen LogP contribution in [0.2, 0.25) is 0 Å². The van der Waals surface area contributed by atoms with Crippen molar-refractivity contribution in [3.05, 3.63) is 48.3 Å². The van der Waals surface area contributed by atoms with Crippen LogP contribution in [0.1, 0.15) is 25.1 Å². The number of anilines is 2. The van der Waals surface area contributed by atoms with E-state index >= 15 is 0 Å². The van der Waals surface area contributed by atoms with Crippen molar-refractivity contribution in [2.45, 2.75) is 25.7 Å². The molecule has 0 aliphatic carbocycles. The number of rotatable bonds is 5. The zero-order chi connectivity index (χ0) is 18.9. The largest absolute Gasteiger partial charge is 0.348 e. The fourth-order valence-electron chi connectivity index (χ4n) is 3.61. The molecule has 0 spiro atoms. The topological polar surface area (TPSA) is 73.9 Å². The SMILES string of the molecule is O=C(CCc1nc2ccccc2[nH]1)Nc1ccc2nc(N3CCCC3)sc2c1. The van der Waals surface area contributed by atoms with Crippen LogP contribution in [0.3, 0.4) is 0 Å². The second kappa shape index (κ2) is 7.24. The maximum atomic E-state index is 12.4. The van der Waals surface area contributed by atoms with Gasteiger partial charge in [0, 0.05) is 31.6 Å². The van der Waals surface area contributed by atoms with Crippen molar-refractivity contribution in [1.29, 1.82) is 0 Å². The van der Waals surface area contributed by atoms with E-state index in [1.165, 1.54) is 12.8 Å². The van der Waals surface area contributed by atoms with Crippen molar-refractivity contribution in [3.63, 3.8) is 0 Å². The van der Waals surface area contributed by atoms with Gasteiger partial charge in [-0.1, -0.05) is 23.5 Å². The molecule has 3 heterocycles. The Morgan fingerprint density at radius 1 is 1.11 bits per heavy atom. The van der Waals surface area contributed by atoms with Gasteiger partial charge in [0.05, 0.1) is 21.3 Å². The summed E-state index contributed by atoms with van der Waals surface area (Å²) in [7, 11) is 0. The van der Waals surface area contributed by atoms with Gasteiger partial charge in [0.25, 0.3) is 0 Å². The average Bonchev–Trinajstić information content (AvgIpc) is 3.43. The average molecular weight is 392 g/mol. The van der Waals surface area contributed by atoms with Crippen LogP contribution in [0.5, 0.6) is 0 Å². The number of amides is 1. The number of carbonyl (C=O) groups is 1. The van der Waals surface area contributed by atoms with Crippen LogP contribution in [-0.2, 0) is 11.2 Å². The van der Waals surface area contributed by atoms with Gasteiger partial charge in [-0.15, -0.1) is 0 Å². The zero-order valence-corrected chi connectivity index (χ0v) is 16.3. The van der Waals surface area contributed by atoms with E-state index in [1.54, 1.807) is 11.3 Å². The summed E-state index contributed by atoms with van der Waals surface area (Å²) in [4.78, 5) is 27.2. The molecule has 28 heavy (non-hydrogen) atoms. The number of fused-ring (bicyclic) bond motifs is 2. The van der Waals surface area contributed by atoms with Gasteiger partial charge in [0.15, 0.2) is 5.13 Å². The molecule has 6 nitrogen and oxygen atoms in total. The van der Waals surface area contributed by atoms with Gasteiger partial charge in [0.2, 0.25) is 5.91 Å². The molecule has 2 aromatic heterocycles. The Balaban J connectivity index is 1.24. The number of para-hydroxylation sites is 2. The normalized spacial score (nSPS) is 14.2. The number of hydrogen-bond donors (Lipinski definition) is 2. The number of aromatic nitrogens is 3. The summed E-state index contributed by atoms with van der Waals surface area (Å²) in [5.74, 6) is 0.827. The van der Waals surface area contributed by atoms with Crippen molar-refractivity contribution in [3.8, 4) is 0 Å². The summed E-state index contributed by atoms with van der Waals surface area (Å²) in [5, 5.41) is 4.09. The first-order chi connectivity index (χ1) is 13.7. The van der Waals surface area contributed by atoms with Gasteiger partial charge >= 0.3 is 0 Å². The van der Waals surface area contributed by atoms with E-state index in [-0.39, 0.29) is 5.91 Å². The predicted octanol–water partition coefficient (Wildman–Crippen LogP) is 4.34. The Kier molecular flexibility index (Phi) is 4.44. The van der Waals surface area contributed by atoms with Crippen molar-refractivity contribution in [1.82, 2.24) is 15.0 Å². The van der Waals surface area contributed by atoms with E-state index in [9.17, 15) is 4.79 Å². The highest BCUT2D eigenvalue weighted by Crippen LogP contribution is 2.32. The fourth-order valence-corrected chi connectivity index (χ4v) is 4.67. The number of nitrogens with zero attached hydrogens (tertiary/aromatic N) is 3. The number of H-pyrrole nitrogens is 1. The van der Waals surface area contributed by atoms with E-state index in [1.807, 2.05) is 42.5 Å². The van der Waals surface area contributed by atoms with Gasteiger partial charge in [-0.3, -0.25) is 4.79 Å². The highest BCUT2D eigenvalue weighted by molar-refractivity contribution is 7.22. The van der Waals surface area contributed by atoms with E-state index in [0.29, 0.717) is 12.8 Å². The number of thiazole rings is 1. The molecule has 142 valence electrons. The standard InChI is InChI=1S/C21H21N5OS/c27-20(10-9-19-23-15-5-1-2-6-16(15)24-19)22-14-7-8-17-18(13-14)28-21(25-17)26-11-3-4-12-26/h1-2,5-8,13H,3-4,9-12H2,(H,22,27)(H,23,24). The number of nitrogens with one attached hydrogen (secondary N) is 2. The highest BCUT2D eigenvalue weighted by Gasteiger charge is 2.16. The minimum atomic E-state index is -0.0101. The molecule has 2 aromatic carbocycles. The van der Waals surface area contributed by atoms with Gasteiger partial charge in [-0.25, -0.2) is 9.97 Å². The third-order valence-corrected chi connectivity index (χ3v) is 6.14. The summed E-state index contributed by atoms with van der Waals surface area (Å²) in [6.07, 6.45) is 3.45. The number of aromatic amines is 1. The first-order valence-electron chi connectivity index (χ1n) is 9.64. The summed E-state index contributed by atoms with van der Waals surface area (Å²) in [6, 6.07) is 13.8. The quantitative estimate of drug-likeness (QED) is 0.531. The maximum Gasteiger partial charge on any atom is 0.224 e. The number of aryl methyl sites for hydroxylation is 1. The third-order valence-electron chi connectivity index (χ3n) is 5.06. The monoisotopic (exact) mass is 391 g/mol. The lowest BCUT2D eigenvalue weighted by Crippen LogP contribution is -2.16. The van der Waals surface area contributed by atoms with E-state index in [4.69, 9.17) is 4.98 Å². The van der Waals surface area contributed by atoms with Crippen LogP contribution in [0, 0.1) is 0 Å². The van der Waals surface area contributed by atoms with E-state index < -0.39 is 0 Å². The Bertz CT molecular complexity index is 1110. The Hall–Kier alpha value is -2.93. The third kappa shape index (κ3) is 3.45. The van der Waals surface area contributed by atoms with Crippen molar-refractivity contribution < 1.29 is 4.79 Å². The van der Waals surface area contributed by atoms with Crippen molar-refractivity contribution in [2.24, 2.45) is 0 Å². The number of carbonyl (C=O) groups excluding carboxylic acids is 1. The Labute approximate surface area is 166 Å². The summed E-state index contributed by atoms with van der Waals surface area (Å²) >= 11 is 1.70. The fraction of sp³-hybridized carbons (Fsp3) is 0.286. The number of hydrogen-bond acceptors (Lipinski definition) is 5. The molecule has 1 fully saturated rings. The maximum absolute atomic E-state index is 12.4. The van der Waals surface area contributed by atoms with Gasteiger partial charge in [-0.2, -0.15) is 0 Å². The van der Waals surface area contributed by atoms with Crippen LogP contribution in [-0.4, -0.2) is 33.9 Å². The summed E-state index contributed by atoms with van der Waals surface area (Å²) < 4.78 is 1.11. The van der Waals surface area contributed by atoms with Gasteiger partial charge in [-0.05, 0) is 43.2 Å². The second-order valence-electron chi connectivity index (χ2n) is 7.12. The first-order valence-corrected chi connectivity index (χ1v) is 10.5. The molecule has 0 bridgehead atoms. The van der Waals surface area contributed by atoms with Crippen LogP contribution >= 0.6 is 11.3 Å². The molecule has 4 aromatic rings. The van der Waals surface area contributed by atoms with Crippen LogP contribution in [0.4, 0.5) is 10.8 Å². The molecular weight excluding hydrogens is 370 g/mol. The molecule has 1 aliphatic rings. The predicted molar refractivity (Wildman–Crippen MR) is 114 cm³/mol. The molecule has 0 radical (unpaired) electrons. The molecule has 2 N–H and O–H groups in total. The molecule has 0 saturated carbocycles. The Morgan fingerprint density at radius 2 is 1.96 bits per heavy atom. The Morgan fingerprint density at radius 3 is 2.82 bits per heavy atom. The van der Waals surface area contributed by atoms with E-state index in [0.717, 1.165) is 51.0 Å². The summed E-state index contributed by atoms with van der Waals surface area (Å²) in [6.45, 7) is 2.18. The molecule has 1 amide bonds. The number of benzene rings is 2. The molecule has 0 atom stereocenters. The first kappa shape index (κ1) is 17.2. The lowest BCUT2D eigenvalue weighted by atomic mass is 10.2. The second-order valence-corrected chi connectivity index (χ2v) is 8.13.